The van der Waals surface area contributed by atoms with Crippen LogP contribution in [0.25, 0.3) is 0 Å². The van der Waals surface area contributed by atoms with Gasteiger partial charge in [0, 0.05) is 12.6 Å². The van der Waals surface area contributed by atoms with E-state index < -0.39 is 5.60 Å². The first-order valence-corrected chi connectivity index (χ1v) is 7.68. The van der Waals surface area contributed by atoms with Gasteiger partial charge < -0.3 is 15.2 Å². The van der Waals surface area contributed by atoms with Crippen LogP contribution in [0.4, 0.5) is 0 Å². The lowest BCUT2D eigenvalue weighted by atomic mass is 9.84. The zero-order valence-corrected chi connectivity index (χ0v) is 12.0. The highest BCUT2D eigenvalue weighted by Crippen LogP contribution is 2.29. The highest BCUT2D eigenvalue weighted by molar-refractivity contribution is 4.86. The molecule has 2 fully saturated rings. The van der Waals surface area contributed by atoms with Crippen molar-refractivity contribution < 1.29 is 9.84 Å². The van der Waals surface area contributed by atoms with E-state index in [1.165, 1.54) is 44.9 Å². The van der Waals surface area contributed by atoms with E-state index in [2.05, 4.69) is 12.2 Å². The quantitative estimate of drug-likeness (QED) is 0.734. The molecule has 0 saturated heterocycles. The Balaban J connectivity index is 1.70. The molecule has 3 unspecified atom stereocenters. The third-order valence-corrected chi connectivity index (χ3v) is 4.32. The van der Waals surface area contributed by atoms with E-state index in [0.717, 1.165) is 0 Å². The minimum Gasteiger partial charge on any atom is -0.386 e. The minimum atomic E-state index is -0.724. The summed E-state index contributed by atoms with van der Waals surface area (Å²) < 4.78 is 6.01. The molecule has 2 aliphatic carbocycles. The largest absolute Gasteiger partial charge is 0.386 e. The third-order valence-electron chi connectivity index (χ3n) is 4.32. The predicted octanol–water partition coefficient (Wildman–Crippen LogP) is 2.47. The second-order valence-corrected chi connectivity index (χ2v) is 6.45. The summed E-state index contributed by atoms with van der Waals surface area (Å²) in [6.45, 7) is 5.25. The molecule has 0 aliphatic heterocycles. The van der Waals surface area contributed by atoms with Crippen molar-refractivity contribution in [3.05, 3.63) is 0 Å². The number of rotatable bonds is 7. The van der Waals surface area contributed by atoms with Crippen LogP contribution in [0.15, 0.2) is 0 Å². The van der Waals surface area contributed by atoms with E-state index in [-0.39, 0.29) is 0 Å². The number of ether oxygens (including phenoxy) is 1. The van der Waals surface area contributed by atoms with E-state index in [0.29, 0.717) is 31.2 Å². The van der Waals surface area contributed by atoms with Crippen LogP contribution >= 0.6 is 0 Å². The van der Waals surface area contributed by atoms with Crippen LogP contribution in [0.3, 0.4) is 0 Å². The van der Waals surface area contributed by atoms with Crippen LogP contribution in [0.1, 0.15) is 58.8 Å². The Bertz CT molecular complexity index is 251. The summed E-state index contributed by atoms with van der Waals surface area (Å²) >= 11 is 0. The summed E-state index contributed by atoms with van der Waals surface area (Å²) in [5, 5.41) is 13.7. The lowest BCUT2D eigenvalue weighted by Crippen LogP contribution is -2.44. The first-order chi connectivity index (χ1) is 8.61. The fourth-order valence-electron chi connectivity index (χ4n) is 2.85. The lowest BCUT2D eigenvalue weighted by molar-refractivity contribution is -0.0880. The van der Waals surface area contributed by atoms with Gasteiger partial charge in [-0.3, -0.25) is 0 Å². The summed E-state index contributed by atoms with van der Waals surface area (Å²) in [6, 6.07) is 0.648. The summed E-state index contributed by atoms with van der Waals surface area (Å²) in [6.07, 6.45) is 9.19. The monoisotopic (exact) mass is 255 g/mol. The van der Waals surface area contributed by atoms with Crippen LogP contribution in [-0.4, -0.2) is 36.0 Å². The van der Waals surface area contributed by atoms with E-state index in [9.17, 15) is 5.11 Å². The first kappa shape index (κ1) is 14.3. The van der Waals surface area contributed by atoms with Crippen molar-refractivity contribution in [2.24, 2.45) is 5.92 Å². The molecule has 0 heterocycles. The topological polar surface area (TPSA) is 41.5 Å². The van der Waals surface area contributed by atoms with E-state index in [4.69, 9.17) is 4.74 Å². The van der Waals surface area contributed by atoms with Gasteiger partial charge in [0.2, 0.25) is 0 Å². The molecule has 0 aromatic rings. The normalized spacial score (nSPS) is 32.2. The second kappa shape index (κ2) is 6.36. The zero-order chi connectivity index (χ0) is 13.0. The Morgan fingerprint density at radius 2 is 1.94 bits per heavy atom. The van der Waals surface area contributed by atoms with Crippen molar-refractivity contribution >= 4 is 0 Å². The van der Waals surface area contributed by atoms with Gasteiger partial charge in [0.25, 0.3) is 0 Å². The molecular formula is C15H29NO2. The maximum atomic E-state index is 10.3. The average Bonchev–Trinajstić information content (AvgIpc) is 3.19. The molecule has 0 aromatic heterocycles. The fourth-order valence-corrected chi connectivity index (χ4v) is 2.85. The molecule has 0 radical (unpaired) electrons. The van der Waals surface area contributed by atoms with Gasteiger partial charge in [0.1, 0.15) is 0 Å². The molecule has 106 valence electrons. The Morgan fingerprint density at radius 1 is 1.22 bits per heavy atom. The summed E-state index contributed by atoms with van der Waals surface area (Å²) in [4.78, 5) is 0. The van der Waals surface area contributed by atoms with Crippen molar-refractivity contribution in [1.29, 1.82) is 0 Å². The lowest BCUT2D eigenvalue weighted by Gasteiger charge is -2.33. The minimum absolute atomic E-state index is 0.371. The first-order valence-electron chi connectivity index (χ1n) is 7.68. The summed E-state index contributed by atoms with van der Waals surface area (Å²) in [5.41, 5.74) is -0.724. The molecule has 2 aliphatic rings. The molecule has 18 heavy (non-hydrogen) atoms. The molecule has 0 spiro atoms. The Kier molecular flexibility index (Phi) is 5.05. The van der Waals surface area contributed by atoms with E-state index >= 15 is 0 Å². The predicted molar refractivity (Wildman–Crippen MR) is 73.6 cm³/mol. The highest BCUT2D eigenvalue weighted by atomic mass is 16.5. The van der Waals surface area contributed by atoms with Crippen molar-refractivity contribution in [1.82, 2.24) is 5.32 Å². The van der Waals surface area contributed by atoms with Crippen LogP contribution in [0, 0.1) is 5.92 Å². The molecule has 0 bridgehead atoms. The Labute approximate surface area is 111 Å². The van der Waals surface area contributed by atoms with Gasteiger partial charge in [-0.1, -0.05) is 26.2 Å². The van der Waals surface area contributed by atoms with E-state index in [1.807, 2.05) is 6.92 Å². The fraction of sp³-hybridized carbons (Fsp3) is 1.00. The average molecular weight is 255 g/mol. The molecule has 3 heteroatoms. The summed E-state index contributed by atoms with van der Waals surface area (Å²) in [5.74, 6) is 0.700. The van der Waals surface area contributed by atoms with Gasteiger partial charge >= 0.3 is 0 Å². The van der Waals surface area contributed by atoms with Gasteiger partial charge in [-0.2, -0.15) is 0 Å². The molecule has 0 amide bonds. The van der Waals surface area contributed by atoms with Gasteiger partial charge in [-0.25, -0.2) is 0 Å². The number of nitrogens with one attached hydrogen (secondary N) is 1. The molecule has 2 N–H and O–H groups in total. The van der Waals surface area contributed by atoms with Crippen molar-refractivity contribution in [2.75, 3.05) is 13.2 Å². The maximum Gasteiger partial charge on any atom is 0.0975 e. The summed E-state index contributed by atoms with van der Waals surface area (Å²) in [7, 11) is 0. The number of hydrogen-bond acceptors (Lipinski definition) is 3. The number of hydrogen-bond donors (Lipinski definition) is 2. The molecule has 3 atom stereocenters. The SMILES string of the molecule is CCC1CCCCC1OCC(C)(O)CNC1CC1. The zero-order valence-electron chi connectivity index (χ0n) is 12.0. The molecule has 0 aromatic carbocycles. The van der Waals surface area contributed by atoms with E-state index in [1.54, 1.807) is 0 Å². The van der Waals surface area contributed by atoms with Gasteiger partial charge in [-0.05, 0) is 38.5 Å². The highest BCUT2D eigenvalue weighted by Gasteiger charge is 2.30. The second-order valence-electron chi connectivity index (χ2n) is 6.45. The smallest absolute Gasteiger partial charge is 0.0975 e. The Morgan fingerprint density at radius 3 is 2.61 bits per heavy atom. The molecule has 2 rings (SSSR count). The molecular weight excluding hydrogens is 226 g/mol. The third kappa shape index (κ3) is 4.52. The van der Waals surface area contributed by atoms with Crippen molar-refractivity contribution in [3.8, 4) is 0 Å². The number of aliphatic hydroxyl groups is 1. The molecule has 2 saturated carbocycles. The van der Waals surface area contributed by atoms with Crippen LogP contribution in [0.5, 0.6) is 0 Å². The van der Waals surface area contributed by atoms with Gasteiger partial charge in [0.15, 0.2) is 0 Å². The maximum absolute atomic E-state index is 10.3. The molecule has 3 nitrogen and oxygen atoms in total. The Hall–Kier alpha value is -0.120. The van der Waals surface area contributed by atoms with Gasteiger partial charge in [0.05, 0.1) is 18.3 Å². The van der Waals surface area contributed by atoms with Crippen LogP contribution < -0.4 is 5.32 Å². The van der Waals surface area contributed by atoms with Crippen LogP contribution in [0.2, 0.25) is 0 Å². The van der Waals surface area contributed by atoms with Gasteiger partial charge in [-0.15, -0.1) is 0 Å². The van der Waals surface area contributed by atoms with Crippen molar-refractivity contribution in [2.45, 2.75) is 76.5 Å². The van der Waals surface area contributed by atoms with Crippen molar-refractivity contribution in [3.63, 3.8) is 0 Å². The van der Waals surface area contributed by atoms with Crippen LogP contribution in [-0.2, 0) is 4.74 Å². The standard InChI is InChI=1S/C15H29NO2/c1-3-12-6-4-5-7-14(12)18-11-15(2,17)10-16-13-8-9-13/h12-14,16-17H,3-11H2,1-2H3.